The number of hydrazone groups is 1. The van der Waals surface area contributed by atoms with Gasteiger partial charge in [0.1, 0.15) is 5.82 Å². The van der Waals surface area contributed by atoms with Gasteiger partial charge in [-0.1, -0.05) is 29.8 Å². The van der Waals surface area contributed by atoms with Crippen LogP contribution in [-0.2, 0) is 16.2 Å². The molecule has 3 aromatic rings. The van der Waals surface area contributed by atoms with Crippen molar-refractivity contribution in [1.82, 2.24) is 5.43 Å². The zero-order valence-corrected chi connectivity index (χ0v) is 18.0. The molecule has 3 aromatic carbocycles. The van der Waals surface area contributed by atoms with Crippen molar-refractivity contribution in [2.45, 2.75) is 11.1 Å². The van der Waals surface area contributed by atoms with E-state index < -0.39 is 33.5 Å². The molecule has 12 heteroatoms. The van der Waals surface area contributed by atoms with Crippen LogP contribution in [-0.4, -0.2) is 20.5 Å². The molecule has 1 amide bonds. The number of halogens is 5. The van der Waals surface area contributed by atoms with Crippen LogP contribution in [0.5, 0.6) is 0 Å². The molecule has 0 aliphatic heterocycles. The van der Waals surface area contributed by atoms with Gasteiger partial charge in [0.2, 0.25) is 0 Å². The monoisotopic (exact) mass is 499 g/mol. The molecule has 0 unspecified atom stereocenters. The highest BCUT2D eigenvalue weighted by Crippen LogP contribution is 2.31. The average Bonchev–Trinajstić information content (AvgIpc) is 2.75. The van der Waals surface area contributed by atoms with Gasteiger partial charge in [-0.25, -0.2) is 18.2 Å². The Labute approximate surface area is 190 Å². The van der Waals surface area contributed by atoms with Gasteiger partial charge in [0, 0.05) is 16.8 Å². The zero-order chi connectivity index (χ0) is 24.2. The molecule has 2 N–H and O–H groups in total. The maximum Gasteiger partial charge on any atom is 0.416 e. The third-order valence-electron chi connectivity index (χ3n) is 4.21. The van der Waals surface area contributed by atoms with E-state index >= 15 is 0 Å². The van der Waals surface area contributed by atoms with Gasteiger partial charge in [0.25, 0.3) is 15.9 Å². The molecule has 172 valence electrons. The Morgan fingerprint density at radius 2 is 1.70 bits per heavy atom. The lowest BCUT2D eigenvalue weighted by molar-refractivity contribution is -0.137. The standard InChI is InChI=1S/C21H14ClF4N3O3S/c22-18-8-3-9-19(23)17(18)12-27-28-20(30)13-4-1-7-16(10-13)33(31,32)29-15-6-2-5-14(11-15)21(24,25)26/h1-12,29H,(H,28,30)/b27-12+. The number of nitrogens with zero attached hydrogens (tertiary/aromatic N) is 1. The van der Waals surface area contributed by atoms with E-state index in [9.17, 15) is 30.8 Å². The fourth-order valence-electron chi connectivity index (χ4n) is 2.63. The number of amides is 1. The van der Waals surface area contributed by atoms with Gasteiger partial charge in [0.15, 0.2) is 0 Å². The van der Waals surface area contributed by atoms with Crippen LogP contribution in [0.1, 0.15) is 21.5 Å². The van der Waals surface area contributed by atoms with Crippen molar-refractivity contribution in [3.8, 4) is 0 Å². The molecule has 0 aliphatic rings. The fraction of sp³-hybridized carbons (Fsp3) is 0.0476. The molecule has 0 heterocycles. The summed E-state index contributed by atoms with van der Waals surface area (Å²) in [6.45, 7) is 0. The van der Waals surface area contributed by atoms with Crippen LogP contribution in [0.3, 0.4) is 0 Å². The second kappa shape index (κ2) is 9.59. The molecule has 33 heavy (non-hydrogen) atoms. The quantitative estimate of drug-likeness (QED) is 0.282. The Balaban J connectivity index is 1.77. The van der Waals surface area contributed by atoms with E-state index in [-0.39, 0.29) is 26.7 Å². The van der Waals surface area contributed by atoms with Crippen LogP contribution in [0.25, 0.3) is 0 Å². The molecular formula is C21H14ClF4N3O3S. The normalized spacial score (nSPS) is 12.0. The first-order chi connectivity index (χ1) is 15.5. The van der Waals surface area contributed by atoms with Crippen LogP contribution in [0, 0.1) is 5.82 Å². The molecule has 6 nitrogen and oxygen atoms in total. The Morgan fingerprint density at radius 3 is 2.39 bits per heavy atom. The van der Waals surface area contributed by atoms with Gasteiger partial charge in [-0.3, -0.25) is 9.52 Å². The molecule has 0 saturated carbocycles. The summed E-state index contributed by atoms with van der Waals surface area (Å²) < 4.78 is 79.6. The molecule has 0 fully saturated rings. The molecule has 0 saturated heterocycles. The summed E-state index contributed by atoms with van der Waals surface area (Å²) in [4.78, 5) is 11.9. The SMILES string of the molecule is O=C(N/N=C/c1c(F)cccc1Cl)c1cccc(S(=O)(=O)Nc2cccc(C(F)(F)F)c2)c1. The van der Waals surface area contributed by atoms with Crippen LogP contribution < -0.4 is 10.1 Å². The lowest BCUT2D eigenvalue weighted by Gasteiger charge is -2.12. The van der Waals surface area contributed by atoms with Gasteiger partial charge >= 0.3 is 6.18 Å². The topological polar surface area (TPSA) is 87.6 Å². The molecule has 3 rings (SSSR count). The number of carbonyl (C=O) groups excluding carboxylic acids is 1. The second-order valence-electron chi connectivity index (χ2n) is 6.55. The Kier molecular flexibility index (Phi) is 7.04. The number of rotatable bonds is 6. The summed E-state index contributed by atoms with van der Waals surface area (Å²) in [6.07, 6.45) is -3.65. The van der Waals surface area contributed by atoms with Crippen LogP contribution in [0.4, 0.5) is 23.2 Å². The van der Waals surface area contributed by atoms with Crippen LogP contribution in [0.2, 0.25) is 5.02 Å². The molecule has 0 aromatic heterocycles. The van der Waals surface area contributed by atoms with Crippen LogP contribution in [0.15, 0.2) is 76.7 Å². The van der Waals surface area contributed by atoms with Crippen molar-refractivity contribution >= 4 is 39.4 Å². The number of carbonyl (C=O) groups is 1. The van der Waals surface area contributed by atoms with Crippen molar-refractivity contribution in [3.63, 3.8) is 0 Å². The number of sulfonamides is 1. The first-order valence-corrected chi connectivity index (χ1v) is 10.9. The molecule has 0 atom stereocenters. The highest BCUT2D eigenvalue weighted by molar-refractivity contribution is 7.92. The van der Waals surface area contributed by atoms with E-state index in [1.807, 2.05) is 4.72 Å². The number of nitrogens with one attached hydrogen (secondary N) is 2. The van der Waals surface area contributed by atoms with Gasteiger partial charge in [-0.15, -0.1) is 0 Å². The van der Waals surface area contributed by atoms with Crippen molar-refractivity contribution in [2.75, 3.05) is 4.72 Å². The third-order valence-corrected chi connectivity index (χ3v) is 5.92. The van der Waals surface area contributed by atoms with Gasteiger partial charge < -0.3 is 0 Å². The Bertz CT molecular complexity index is 1310. The minimum Gasteiger partial charge on any atom is -0.280 e. The highest BCUT2D eigenvalue weighted by atomic mass is 35.5. The predicted molar refractivity (Wildman–Crippen MR) is 115 cm³/mol. The lowest BCUT2D eigenvalue weighted by atomic mass is 10.2. The van der Waals surface area contributed by atoms with Crippen molar-refractivity contribution < 1.29 is 30.8 Å². The van der Waals surface area contributed by atoms with E-state index in [1.165, 1.54) is 24.3 Å². The van der Waals surface area contributed by atoms with E-state index in [4.69, 9.17) is 11.6 Å². The first kappa shape index (κ1) is 24.2. The van der Waals surface area contributed by atoms with Crippen molar-refractivity contribution in [3.05, 3.63) is 94.3 Å². The summed E-state index contributed by atoms with van der Waals surface area (Å²) >= 11 is 5.85. The Hall–Kier alpha value is -3.44. The van der Waals surface area contributed by atoms with E-state index in [0.29, 0.717) is 6.07 Å². The maximum atomic E-state index is 13.7. The third kappa shape index (κ3) is 6.08. The van der Waals surface area contributed by atoms with Crippen molar-refractivity contribution in [2.24, 2.45) is 5.10 Å². The smallest absolute Gasteiger partial charge is 0.280 e. The average molecular weight is 500 g/mol. The summed E-state index contributed by atoms with van der Waals surface area (Å²) in [5.74, 6) is -1.47. The number of hydrogen-bond acceptors (Lipinski definition) is 4. The predicted octanol–water partition coefficient (Wildman–Crippen LogP) is 5.06. The first-order valence-electron chi connectivity index (χ1n) is 9.05. The van der Waals surface area contributed by atoms with E-state index in [0.717, 1.165) is 42.6 Å². The zero-order valence-electron chi connectivity index (χ0n) is 16.4. The molecule has 0 spiro atoms. The second-order valence-corrected chi connectivity index (χ2v) is 8.64. The molecule has 0 bridgehead atoms. The summed E-state index contributed by atoms with van der Waals surface area (Å²) in [5, 5.41) is 3.68. The maximum absolute atomic E-state index is 13.7. The van der Waals surface area contributed by atoms with Crippen LogP contribution >= 0.6 is 11.6 Å². The van der Waals surface area contributed by atoms with Gasteiger partial charge in [0.05, 0.1) is 21.7 Å². The number of hydrogen-bond donors (Lipinski definition) is 2. The van der Waals surface area contributed by atoms with Gasteiger partial charge in [-0.05, 0) is 48.5 Å². The molecular weight excluding hydrogens is 486 g/mol. The summed E-state index contributed by atoms with van der Waals surface area (Å²) in [7, 11) is -4.31. The Morgan fingerprint density at radius 1 is 1.00 bits per heavy atom. The number of anilines is 1. The minimum atomic E-state index is -4.65. The van der Waals surface area contributed by atoms with Gasteiger partial charge in [-0.2, -0.15) is 18.3 Å². The molecule has 0 aliphatic carbocycles. The largest absolute Gasteiger partial charge is 0.416 e. The summed E-state index contributed by atoms with van der Waals surface area (Å²) in [5.41, 5.74) is 0.628. The number of benzene rings is 3. The molecule has 0 radical (unpaired) electrons. The van der Waals surface area contributed by atoms with Crippen molar-refractivity contribution in [1.29, 1.82) is 0 Å². The highest BCUT2D eigenvalue weighted by Gasteiger charge is 2.30. The number of alkyl halides is 3. The van der Waals surface area contributed by atoms with E-state index in [1.54, 1.807) is 0 Å². The fourth-order valence-corrected chi connectivity index (χ4v) is 3.94. The summed E-state index contributed by atoms with van der Waals surface area (Å²) in [6, 6.07) is 12.4. The van der Waals surface area contributed by atoms with E-state index in [2.05, 4.69) is 10.5 Å². The lowest BCUT2D eigenvalue weighted by Crippen LogP contribution is -2.19. The minimum absolute atomic E-state index is 0.0546.